The Hall–Kier alpha value is -1.60. The van der Waals surface area contributed by atoms with Crippen LogP contribution in [0.1, 0.15) is 51.4 Å². The number of halogens is 3. The predicted octanol–water partition coefficient (Wildman–Crippen LogP) is 4.97. The Morgan fingerprint density at radius 2 is 1.54 bits per heavy atom. The molecule has 0 amide bonds. The fourth-order valence-electron chi connectivity index (χ4n) is 3.03. The summed E-state index contributed by atoms with van der Waals surface area (Å²) < 4.78 is 46.4. The van der Waals surface area contributed by atoms with Crippen molar-refractivity contribution in [3.05, 3.63) is 41.1 Å². The molecule has 0 unspecified atom stereocenters. The van der Waals surface area contributed by atoms with Crippen LogP contribution in [-0.2, 0) is 23.3 Å². The van der Waals surface area contributed by atoms with Crippen LogP contribution < -0.4 is 0 Å². The van der Waals surface area contributed by atoms with Gasteiger partial charge in [0.05, 0.1) is 22.6 Å². The number of benzene rings is 1. The molecule has 0 radical (unpaired) electrons. The first kappa shape index (κ1) is 20.7. The standard InChI is InChI=1S/C19H27F3N2OSi/c1-12-15(13-8-10-14(11-9-13)19(20,21)22)23-24(7)16(12)18(5,6)25-26-17(2,3)4/h8-11H,26H2,1-7H3. The maximum Gasteiger partial charge on any atom is 0.416 e. The molecule has 0 aliphatic heterocycles. The topological polar surface area (TPSA) is 27.1 Å². The lowest BCUT2D eigenvalue weighted by molar-refractivity contribution is -0.137. The Bertz CT molecular complexity index is 772. The summed E-state index contributed by atoms with van der Waals surface area (Å²) in [5.41, 5.74) is 2.07. The van der Waals surface area contributed by atoms with E-state index in [1.165, 1.54) is 12.1 Å². The van der Waals surface area contributed by atoms with Crippen LogP contribution in [0.5, 0.6) is 0 Å². The number of hydrogen-bond acceptors (Lipinski definition) is 2. The van der Waals surface area contributed by atoms with Crippen LogP contribution in [0.4, 0.5) is 13.2 Å². The lowest BCUT2D eigenvalue weighted by atomic mass is 9.97. The second-order valence-electron chi connectivity index (χ2n) is 8.38. The Kier molecular flexibility index (Phi) is 5.45. The average molecular weight is 385 g/mol. The number of nitrogens with zero attached hydrogens (tertiary/aromatic N) is 2. The van der Waals surface area contributed by atoms with Crippen LogP contribution in [0, 0.1) is 6.92 Å². The Morgan fingerprint density at radius 1 is 1.00 bits per heavy atom. The number of alkyl halides is 3. The summed E-state index contributed by atoms with van der Waals surface area (Å²) in [7, 11) is 1.08. The molecule has 1 aromatic carbocycles. The van der Waals surface area contributed by atoms with Gasteiger partial charge in [-0.3, -0.25) is 4.68 Å². The van der Waals surface area contributed by atoms with Gasteiger partial charge in [-0.05, 0) is 37.9 Å². The molecule has 0 saturated carbocycles. The molecule has 1 aromatic heterocycles. The summed E-state index contributed by atoms with van der Waals surface area (Å²) >= 11 is 0. The maximum absolute atomic E-state index is 12.8. The summed E-state index contributed by atoms with van der Waals surface area (Å²) in [6, 6.07) is 5.13. The zero-order chi connectivity index (χ0) is 19.9. The molecule has 2 rings (SSSR count). The minimum absolute atomic E-state index is 0.167. The number of rotatable bonds is 4. The third kappa shape index (κ3) is 4.56. The molecular weight excluding hydrogens is 357 g/mol. The SMILES string of the molecule is Cc1c(-c2ccc(C(F)(F)F)cc2)nn(C)c1C(C)(C)O[SiH2]C(C)(C)C. The van der Waals surface area contributed by atoms with Crippen LogP contribution in [0.3, 0.4) is 0 Å². The van der Waals surface area contributed by atoms with E-state index >= 15 is 0 Å². The van der Waals surface area contributed by atoms with E-state index in [1.54, 1.807) is 4.68 Å². The van der Waals surface area contributed by atoms with E-state index in [9.17, 15) is 13.2 Å². The quantitative estimate of drug-likeness (QED) is 0.696. The second-order valence-corrected chi connectivity index (χ2v) is 11.1. The van der Waals surface area contributed by atoms with Gasteiger partial charge in [-0.15, -0.1) is 0 Å². The smallest absolute Gasteiger partial charge is 0.413 e. The fraction of sp³-hybridized carbons (Fsp3) is 0.526. The summed E-state index contributed by atoms with van der Waals surface area (Å²) in [5.74, 6) is 0. The number of aromatic nitrogens is 2. The first-order valence-electron chi connectivity index (χ1n) is 8.58. The third-order valence-corrected chi connectivity index (χ3v) is 5.94. The molecule has 0 aliphatic carbocycles. The highest BCUT2D eigenvalue weighted by Gasteiger charge is 2.32. The van der Waals surface area contributed by atoms with Crippen molar-refractivity contribution >= 4 is 9.76 Å². The third-order valence-electron chi connectivity index (χ3n) is 4.21. The summed E-state index contributed by atoms with van der Waals surface area (Å²) in [6.07, 6.45) is -4.34. The fourth-order valence-corrected chi connectivity index (χ4v) is 3.96. The lowest BCUT2D eigenvalue weighted by Gasteiger charge is -2.30. The highest BCUT2D eigenvalue weighted by Crippen LogP contribution is 2.36. The van der Waals surface area contributed by atoms with Gasteiger partial charge in [-0.1, -0.05) is 32.9 Å². The van der Waals surface area contributed by atoms with Gasteiger partial charge in [-0.2, -0.15) is 18.3 Å². The molecule has 0 bridgehead atoms. The van der Waals surface area contributed by atoms with Crippen LogP contribution in [-0.4, -0.2) is 19.5 Å². The van der Waals surface area contributed by atoms with Crippen LogP contribution in [0.2, 0.25) is 5.04 Å². The van der Waals surface area contributed by atoms with Crippen LogP contribution >= 0.6 is 0 Å². The van der Waals surface area contributed by atoms with Crippen LogP contribution in [0.15, 0.2) is 24.3 Å². The summed E-state index contributed by atoms with van der Waals surface area (Å²) in [6.45, 7) is 12.5. The van der Waals surface area contributed by atoms with Crippen molar-refractivity contribution in [3.63, 3.8) is 0 Å². The van der Waals surface area contributed by atoms with E-state index in [2.05, 4.69) is 25.9 Å². The Balaban J connectivity index is 2.38. The van der Waals surface area contributed by atoms with E-state index in [4.69, 9.17) is 4.43 Å². The first-order valence-corrected chi connectivity index (χ1v) is 9.86. The Labute approximate surface area is 155 Å². The molecule has 0 N–H and O–H groups in total. The second kappa shape index (κ2) is 6.85. The minimum Gasteiger partial charge on any atom is -0.413 e. The van der Waals surface area contributed by atoms with Crippen molar-refractivity contribution in [2.45, 2.75) is 58.4 Å². The van der Waals surface area contributed by atoms with Crippen molar-refractivity contribution in [1.29, 1.82) is 0 Å². The Morgan fingerprint density at radius 3 is 2.00 bits per heavy atom. The number of aryl methyl sites for hydroxylation is 1. The largest absolute Gasteiger partial charge is 0.416 e. The van der Waals surface area contributed by atoms with Crippen molar-refractivity contribution in [2.75, 3.05) is 0 Å². The highest BCUT2D eigenvalue weighted by molar-refractivity contribution is 6.31. The molecule has 0 fully saturated rings. The van der Waals surface area contributed by atoms with Gasteiger partial charge in [0.15, 0.2) is 9.76 Å². The van der Waals surface area contributed by atoms with Gasteiger partial charge in [0.2, 0.25) is 0 Å². The minimum atomic E-state index is -4.34. The van der Waals surface area contributed by atoms with E-state index in [0.717, 1.165) is 23.4 Å². The molecule has 26 heavy (non-hydrogen) atoms. The monoisotopic (exact) mass is 384 g/mol. The van der Waals surface area contributed by atoms with Crippen molar-refractivity contribution in [3.8, 4) is 11.3 Å². The lowest BCUT2D eigenvalue weighted by Crippen LogP contribution is -2.30. The molecule has 0 spiro atoms. The molecule has 0 atom stereocenters. The molecule has 3 nitrogen and oxygen atoms in total. The van der Waals surface area contributed by atoms with Crippen molar-refractivity contribution in [1.82, 2.24) is 9.78 Å². The normalized spacial score (nSPS) is 13.8. The molecular formula is C19H27F3N2OSi. The average Bonchev–Trinajstić information content (AvgIpc) is 2.79. The summed E-state index contributed by atoms with van der Waals surface area (Å²) in [5, 5.41) is 4.72. The molecule has 0 saturated heterocycles. The zero-order valence-corrected chi connectivity index (χ0v) is 17.9. The van der Waals surface area contributed by atoms with Crippen molar-refractivity contribution < 1.29 is 17.6 Å². The van der Waals surface area contributed by atoms with Gasteiger partial charge in [0.1, 0.15) is 0 Å². The van der Waals surface area contributed by atoms with Crippen molar-refractivity contribution in [2.24, 2.45) is 7.05 Å². The molecule has 0 aliphatic rings. The van der Waals surface area contributed by atoms with Gasteiger partial charge in [0.25, 0.3) is 0 Å². The molecule has 1 heterocycles. The van der Waals surface area contributed by atoms with E-state index < -0.39 is 27.1 Å². The van der Waals surface area contributed by atoms with E-state index in [0.29, 0.717) is 11.3 Å². The molecule has 144 valence electrons. The van der Waals surface area contributed by atoms with Gasteiger partial charge in [-0.25, -0.2) is 0 Å². The molecule has 2 aromatic rings. The maximum atomic E-state index is 12.8. The van der Waals surface area contributed by atoms with Gasteiger partial charge >= 0.3 is 6.18 Å². The van der Waals surface area contributed by atoms with E-state index in [-0.39, 0.29) is 5.04 Å². The van der Waals surface area contributed by atoms with Gasteiger partial charge in [0, 0.05) is 18.2 Å². The van der Waals surface area contributed by atoms with Crippen LogP contribution in [0.25, 0.3) is 11.3 Å². The zero-order valence-electron chi connectivity index (χ0n) is 16.5. The highest BCUT2D eigenvalue weighted by atomic mass is 28.2. The first-order chi connectivity index (χ1) is 11.7. The molecule has 7 heteroatoms. The summed E-state index contributed by atoms with van der Waals surface area (Å²) in [4.78, 5) is 0. The van der Waals surface area contributed by atoms with Gasteiger partial charge < -0.3 is 4.43 Å². The van der Waals surface area contributed by atoms with E-state index in [1.807, 2.05) is 27.8 Å². The predicted molar refractivity (Wildman–Crippen MR) is 101 cm³/mol. The number of hydrogen-bond donors (Lipinski definition) is 0.